The number of carbonyl (C=O) groups is 1. The van der Waals surface area contributed by atoms with E-state index in [1.165, 1.54) is 25.7 Å². The zero-order chi connectivity index (χ0) is 15.1. The molecule has 4 aliphatic rings. The first kappa shape index (κ1) is 14.9. The van der Waals surface area contributed by atoms with Gasteiger partial charge in [0.05, 0.1) is 6.61 Å². The lowest BCUT2D eigenvalue weighted by atomic mass is 9.64. The molecule has 4 unspecified atom stereocenters. The molecular formula is C18H30N2O2. The Bertz CT molecular complexity index is 411. The van der Waals surface area contributed by atoms with E-state index in [-0.39, 0.29) is 5.92 Å². The molecule has 4 rings (SSSR count). The smallest absolute Gasteiger partial charge is 0.225 e. The van der Waals surface area contributed by atoms with Gasteiger partial charge in [-0.3, -0.25) is 4.79 Å². The zero-order valence-corrected chi connectivity index (χ0v) is 13.6. The Balaban J connectivity index is 1.47. The molecule has 4 nitrogen and oxygen atoms in total. The molecule has 0 aromatic heterocycles. The van der Waals surface area contributed by atoms with Gasteiger partial charge in [-0.2, -0.15) is 0 Å². The van der Waals surface area contributed by atoms with E-state index in [1.807, 2.05) is 0 Å². The molecule has 2 heterocycles. The van der Waals surface area contributed by atoms with E-state index in [9.17, 15) is 4.79 Å². The summed E-state index contributed by atoms with van der Waals surface area (Å²) in [5, 5.41) is 0. The van der Waals surface area contributed by atoms with Crippen LogP contribution in [0.5, 0.6) is 0 Å². The minimum Gasteiger partial charge on any atom is -0.381 e. The number of nitrogens with zero attached hydrogens (tertiary/aromatic N) is 1. The molecule has 2 saturated heterocycles. The molecule has 0 aromatic rings. The van der Waals surface area contributed by atoms with E-state index >= 15 is 0 Å². The maximum Gasteiger partial charge on any atom is 0.225 e. The molecule has 4 heteroatoms. The Morgan fingerprint density at radius 2 is 1.73 bits per heavy atom. The van der Waals surface area contributed by atoms with E-state index in [0.29, 0.717) is 35.7 Å². The Morgan fingerprint density at radius 3 is 2.50 bits per heavy atom. The fourth-order valence-electron chi connectivity index (χ4n) is 5.66. The highest BCUT2D eigenvalue weighted by atomic mass is 16.5. The lowest BCUT2D eigenvalue weighted by Crippen LogP contribution is -2.56. The van der Waals surface area contributed by atoms with Crippen molar-refractivity contribution in [3.8, 4) is 0 Å². The highest BCUT2D eigenvalue weighted by molar-refractivity contribution is 5.79. The zero-order valence-electron chi connectivity index (χ0n) is 13.6. The van der Waals surface area contributed by atoms with E-state index in [0.717, 1.165) is 45.4 Å². The second-order valence-electron chi connectivity index (χ2n) is 8.06. The molecule has 0 radical (unpaired) electrons. The van der Waals surface area contributed by atoms with Crippen LogP contribution in [0.15, 0.2) is 0 Å². The van der Waals surface area contributed by atoms with Crippen molar-refractivity contribution < 1.29 is 9.53 Å². The van der Waals surface area contributed by atoms with Crippen molar-refractivity contribution in [2.75, 3.05) is 19.8 Å². The van der Waals surface area contributed by atoms with E-state index in [1.54, 1.807) is 0 Å². The van der Waals surface area contributed by atoms with Crippen molar-refractivity contribution in [3.05, 3.63) is 0 Å². The van der Waals surface area contributed by atoms with Crippen molar-refractivity contribution >= 4 is 5.91 Å². The SMILES string of the molecule is NC1C2CCCC1CC(C(=O)N1CCCC3COCCC31)C2. The molecule has 2 bridgehead atoms. The van der Waals surface area contributed by atoms with Crippen molar-refractivity contribution in [1.82, 2.24) is 4.90 Å². The first-order chi connectivity index (χ1) is 10.7. The maximum absolute atomic E-state index is 13.2. The monoisotopic (exact) mass is 306 g/mol. The molecule has 2 N–H and O–H groups in total. The van der Waals surface area contributed by atoms with Crippen LogP contribution in [0, 0.1) is 23.7 Å². The number of piperidine rings is 1. The highest BCUT2D eigenvalue weighted by Gasteiger charge is 2.44. The van der Waals surface area contributed by atoms with Gasteiger partial charge < -0.3 is 15.4 Å². The number of likely N-dealkylation sites (tertiary alicyclic amines) is 1. The highest BCUT2D eigenvalue weighted by Crippen LogP contribution is 2.43. The summed E-state index contributed by atoms with van der Waals surface area (Å²) in [7, 11) is 0. The number of rotatable bonds is 1. The first-order valence-corrected chi connectivity index (χ1v) is 9.38. The van der Waals surface area contributed by atoms with Crippen LogP contribution in [0.3, 0.4) is 0 Å². The molecule has 1 amide bonds. The van der Waals surface area contributed by atoms with Crippen LogP contribution in [-0.4, -0.2) is 42.6 Å². The second-order valence-corrected chi connectivity index (χ2v) is 8.06. The van der Waals surface area contributed by atoms with Gasteiger partial charge in [0.25, 0.3) is 0 Å². The third-order valence-corrected chi connectivity index (χ3v) is 6.85. The van der Waals surface area contributed by atoms with Gasteiger partial charge in [0.2, 0.25) is 5.91 Å². The summed E-state index contributed by atoms with van der Waals surface area (Å²) in [6, 6.07) is 0.806. The Kier molecular flexibility index (Phi) is 4.16. The molecule has 4 atom stereocenters. The van der Waals surface area contributed by atoms with Crippen molar-refractivity contribution in [2.45, 2.75) is 63.5 Å². The molecule has 4 fully saturated rings. The van der Waals surface area contributed by atoms with Crippen LogP contribution >= 0.6 is 0 Å². The van der Waals surface area contributed by atoms with Gasteiger partial charge in [0.1, 0.15) is 0 Å². The van der Waals surface area contributed by atoms with E-state index in [2.05, 4.69) is 4.90 Å². The lowest BCUT2D eigenvalue weighted by Gasteiger charge is -2.48. The van der Waals surface area contributed by atoms with Crippen LogP contribution in [0.25, 0.3) is 0 Å². The fourth-order valence-corrected chi connectivity index (χ4v) is 5.66. The Labute approximate surface area is 133 Å². The van der Waals surface area contributed by atoms with Gasteiger partial charge in [-0.15, -0.1) is 0 Å². The van der Waals surface area contributed by atoms with Gasteiger partial charge in [0.15, 0.2) is 0 Å². The van der Waals surface area contributed by atoms with Gasteiger partial charge in [-0.1, -0.05) is 6.42 Å². The van der Waals surface area contributed by atoms with Gasteiger partial charge in [-0.05, 0) is 56.8 Å². The van der Waals surface area contributed by atoms with Gasteiger partial charge in [-0.25, -0.2) is 0 Å². The third-order valence-electron chi connectivity index (χ3n) is 6.85. The minimum atomic E-state index is 0.247. The second kappa shape index (κ2) is 6.12. The summed E-state index contributed by atoms with van der Waals surface area (Å²) in [4.78, 5) is 15.4. The van der Waals surface area contributed by atoms with Crippen molar-refractivity contribution in [3.63, 3.8) is 0 Å². The van der Waals surface area contributed by atoms with Crippen LogP contribution in [-0.2, 0) is 9.53 Å². The van der Waals surface area contributed by atoms with Crippen LogP contribution in [0.1, 0.15) is 51.4 Å². The molecule has 0 aromatic carbocycles. The van der Waals surface area contributed by atoms with Crippen LogP contribution in [0.2, 0.25) is 0 Å². The molecule has 22 heavy (non-hydrogen) atoms. The maximum atomic E-state index is 13.2. The number of hydrogen-bond donors (Lipinski definition) is 1. The summed E-state index contributed by atoms with van der Waals surface area (Å²) >= 11 is 0. The molecule has 0 spiro atoms. The quantitative estimate of drug-likeness (QED) is 0.808. The predicted octanol–water partition coefficient (Wildman–Crippen LogP) is 2.17. The predicted molar refractivity (Wildman–Crippen MR) is 85.2 cm³/mol. The normalized spacial score (nSPS) is 45.2. The fraction of sp³-hybridized carbons (Fsp3) is 0.944. The molecule has 124 valence electrons. The summed E-state index contributed by atoms with van der Waals surface area (Å²) < 4.78 is 5.63. The average molecular weight is 306 g/mol. The number of hydrogen-bond acceptors (Lipinski definition) is 3. The third kappa shape index (κ3) is 2.58. The average Bonchev–Trinajstić information content (AvgIpc) is 2.53. The van der Waals surface area contributed by atoms with E-state index in [4.69, 9.17) is 10.5 Å². The minimum absolute atomic E-state index is 0.247. The summed E-state index contributed by atoms with van der Waals surface area (Å²) in [5.74, 6) is 2.46. The topological polar surface area (TPSA) is 55.6 Å². The number of ether oxygens (including phenoxy) is 1. The molecule has 2 aliphatic heterocycles. The Morgan fingerprint density at radius 1 is 1.00 bits per heavy atom. The molecule has 2 saturated carbocycles. The van der Waals surface area contributed by atoms with Crippen molar-refractivity contribution in [2.24, 2.45) is 29.4 Å². The van der Waals surface area contributed by atoms with Crippen LogP contribution in [0.4, 0.5) is 0 Å². The number of amides is 1. The summed E-state index contributed by atoms with van der Waals surface area (Å²) in [6.07, 6.45) is 9.29. The molecule has 2 aliphatic carbocycles. The van der Waals surface area contributed by atoms with Gasteiger partial charge >= 0.3 is 0 Å². The standard InChI is InChI=1S/C18H30N2O2/c19-17-12-3-1-4-13(17)10-15(9-12)18(21)20-7-2-5-14-11-22-8-6-16(14)20/h12-17H,1-11,19H2. The van der Waals surface area contributed by atoms with E-state index < -0.39 is 0 Å². The first-order valence-electron chi connectivity index (χ1n) is 9.38. The van der Waals surface area contributed by atoms with Crippen molar-refractivity contribution in [1.29, 1.82) is 0 Å². The number of fused-ring (bicyclic) bond motifs is 3. The largest absolute Gasteiger partial charge is 0.381 e. The summed E-state index contributed by atoms with van der Waals surface area (Å²) in [6.45, 7) is 2.65. The van der Waals surface area contributed by atoms with Gasteiger partial charge in [0, 0.05) is 37.1 Å². The van der Waals surface area contributed by atoms with Crippen LogP contribution < -0.4 is 5.73 Å². The molecular weight excluding hydrogens is 276 g/mol. The lowest BCUT2D eigenvalue weighted by molar-refractivity contribution is -0.148. The number of nitrogens with two attached hydrogens (primary N) is 1. The summed E-state index contributed by atoms with van der Waals surface area (Å²) in [5.41, 5.74) is 6.39. The number of carbonyl (C=O) groups excluding carboxylic acids is 1. The Hall–Kier alpha value is -0.610.